The van der Waals surface area contributed by atoms with Gasteiger partial charge in [0.1, 0.15) is 5.75 Å². The Morgan fingerprint density at radius 2 is 1.56 bits per heavy atom. The lowest BCUT2D eigenvalue weighted by atomic mass is 10.1. The van der Waals surface area contributed by atoms with Gasteiger partial charge in [-0.05, 0) is 85.2 Å². The summed E-state index contributed by atoms with van der Waals surface area (Å²) in [5.74, 6) is 0.331. The van der Waals surface area contributed by atoms with Crippen LogP contribution in [0.5, 0.6) is 5.75 Å². The Balaban J connectivity index is 1.58. The molecular formula is C25H25N3O4S2. The second-order valence-corrected chi connectivity index (χ2v) is 9.54. The van der Waals surface area contributed by atoms with Gasteiger partial charge in [-0.15, -0.1) is 0 Å². The van der Waals surface area contributed by atoms with Crippen LogP contribution in [0.25, 0.3) is 6.08 Å². The Kier molecular flexibility index (Phi) is 8.04. The number of carbonyl (C=O) groups is 1. The first-order valence-corrected chi connectivity index (χ1v) is 12.2. The first kappa shape index (κ1) is 24.9. The van der Waals surface area contributed by atoms with Gasteiger partial charge in [-0.1, -0.05) is 30.3 Å². The SMILES string of the molecule is COc1ccc(C=CC(=O)NC(=S)Nc2ccc(S(=O)(=O)Nc3c(C)cccc3C)cc2)cc1. The number of rotatable bonds is 7. The fraction of sp³-hybridized carbons (Fsp3) is 0.120. The van der Waals surface area contributed by atoms with Crippen molar-refractivity contribution in [3.05, 3.63) is 89.5 Å². The predicted molar refractivity (Wildman–Crippen MR) is 140 cm³/mol. The smallest absolute Gasteiger partial charge is 0.261 e. The highest BCUT2D eigenvalue weighted by Gasteiger charge is 2.16. The third kappa shape index (κ3) is 6.66. The molecule has 0 spiro atoms. The van der Waals surface area contributed by atoms with E-state index in [1.807, 2.05) is 44.2 Å². The van der Waals surface area contributed by atoms with Gasteiger partial charge >= 0.3 is 0 Å². The van der Waals surface area contributed by atoms with Crippen molar-refractivity contribution in [1.82, 2.24) is 5.32 Å². The second kappa shape index (κ2) is 11.0. The van der Waals surface area contributed by atoms with Crippen molar-refractivity contribution < 1.29 is 17.9 Å². The molecule has 0 saturated carbocycles. The summed E-state index contributed by atoms with van der Waals surface area (Å²) in [7, 11) is -2.17. The summed E-state index contributed by atoms with van der Waals surface area (Å²) in [5.41, 5.74) is 3.61. The largest absolute Gasteiger partial charge is 0.497 e. The number of ether oxygens (including phenoxy) is 1. The number of amides is 1. The zero-order valence-corrected chi connectivity index (χ0v) is 20.6. The lowest BCUT2D eigenvalue weighted by molar-refractivity contribution is -0.115. The minimum atomic E-state index is -3.76. The molecule has 3 aromatic carbocycles. The average Bonchev–Trinajstić information content (AvgIpc) is 2.81. The molecule has 3 N–H and O–H groups in total. The van der Waals surface area contributed by atoms with Gasteiger partial charge in [-0.2, -0.15) is 0 Å². The van der Waals surface area contributed by atoms with E-state index >= 15 is 0 Å². The Bertz CT molecular complexity index is 1300. The van der Waals surface area contributed by atoms with Crippen LogP contribution < -0.4 is 20.1 Å². The number of hydrogen-bond acceptors (Lipinski definition) is 5. The summed E-state index contributed by atoms with van der Waals surface area (Å²) < 4.78 is 33.3. The van der Waals surface area contributed by atoms with E-state index in [0.717, 1.165) is 22.4 Å². The van der Waals surface area contributed by atoms with Crippen LogP contribution in [0, 0.1) is 13.8 Å². The molecule has 3 aromatic rings. The maximum atomic E-state index is 12.8. The molecular weight excluding hydrogens is 470 g/mol. The van der Waals surface area contributed by atoms with Crippen molar-refractivity contribution in [2.75, 3.05) is 17.1 Å². The summed E-state index contributed by atoms with van der Waals surface area (Å²) in [6.07, 6.45) is 3.02. The van der Waals surface area contributed by atoms with Crippen LogP contribution in [-0.4, -0.2) is 26.5 Å². The lowest BCUT2D eigenvalue weighted by Crippen LogP contribution is -2.32. The molecule has 0 saturated heterocycles. The van der Waals surface area contributed by atoms with Gasteiger partial charge in [0, 0.05) is 11.8 Å². The number of para-hydroxylation sites is 1. The highest BCUT2D eigenvalue weighted by atomic mass is 32.2. The van der Waals surface area contributed by atoms with Gasteiger partial charge in [0.15, 0.2) is 5.11 Å². The molecule has 0 bridgehead atoms. The normalized spacial score (nSPS) is 11.1. The number of anilines is 2. The fourth-order valence-electron chi connectivity index (χ4n) is 3.09. The van der Waals surface area contributed by atoms with E-state index in [0.29, 0.717) is 11.4 Å². The molecule has 0 aliphatic rings. The standard InChI is InChI=1S/C25H25N3O4S2/c1-17-5-4-6-18(2)24(17)28-34(30,31)22-14-10-20(11-15-22)26-25(33)27-23(29)16-9-19-7-12-21(32-3)13-8-19/h4-16,28H,1-3H3,(H2,26,27,29,33). The Morgan fingerprint density at radius 1 is 0.941 bits per heavy atom. The number of benzene rings is 3. The van der Waals surface area contributed by atoms with Crippen LogP contribution >= 0.6 is 12.2 Å². The van der Waals surface area contributed by atoms with E-state index in [4.69, 9.17) is 17.0 Å². The zero-order chi connectivity index (χ0) is 24.7. The van der Waals surface area contributed by atoms with Crippen LogP contribution in [0.2, 0.25) is 0 Å². The Morgan fingerprint density at radius 3 is 2.15 bits per heavy atom. The molecule has 34 heavy (non-hydrogen) atoms. The molecule has 0 radical (unpaired) electrons. The van der Waals surface area contributed by atoms with Crippen LogP contribution in [0.4, 0.5) is 11.4 Å². The summed E-state index contributed by atoms with van der Waals surface area (Å²) in [4.78, 5) is 12.2. The number of thiocarbonyl (C=S) groups is 1. The van der Waals surface area contributed by atoms with Crippen molar-refractivity contribution in [3.8, 4) is 5.75 Å². The Labute approximate surface area is 204 Å². The average molecular weight is 496 g/mol. The van der Waals surface area contributed by atoms with Crippen molar-refractivity contribution in [2.45, 2.75) is 18.7 Å². The van der Waals surface area contributed by atoms with E-state index in [1.165, 1.54) is 18.2 Å². The first-order chi connectivity index (χ1) is 16.2. The zero-order valence-electron chi connectivity index (χ0n) is 19.0. The van der Waals surface area contributed by atoms with E-state index in [1.54, 1.807) is 37.5 Å². The molecule has 9 heteroatoms. The molecule has 176 valence electrons. The summed E-state index contributed by atoms with van der Waals surface area (Å²) >= 11 is 5.17. The number of sulfonamides is 1. The van der Waals surface area contributed by atoms with Crippen molar-refractivity contribution in [3.63, 3.8) is 0 Å². The van der Waals surface area contributed by atoms with E-state index in [9.17, 15) is 13.2 Å². The Hall–Kier alpha value is -3.69. The number of nitrogens with one attached hydrogen (secondary N) is 3. The number of aryl methyl sites for hydroxylation is 2. The molecule has 7 nitrogen and oxygen atoms in total. The fourth-order valence-corrected chi connectivity index (χ4v) is 4.51. The van der Waals surface area contributed by atoms with E-state index in [2.05, 4.69) is 15.4 Å². The van der Waals surface area contributed by atoms with Gasteiger partial charge in [0.05, 0.1) is 17.7 Å². The minimum Gasteiger partial charge on any atom is -0.497 e. The molecule has 0 aliphatic heterocycles. The van der Waals surface area contributed by atoms with Crippen LogP contribution in [0.15, 0.2) is 77.7 Å². The van der Waals surface area contributed by atoms with Gasteiger partial charge in [-0.25, -0.2) is 8.42 Å². The predicted octanol–water partition coefficient (Wildman–Crippen LogP) is 4.64. The first-order valence-electron chi connectivity index (χ1n) is 10.3. The van der Waals surface area contributed by atoms with Crippen LogP contribution in [0.3, 0.4) is 0 Å². The summed E-state index contributed by atoms with van der Waals surface area (Å²) in [5, 5.41) is 5.51. The lowest BCUT2D eigenvalue weighted by Gasteiger charge is -2.14. The maximum Gasteiger partial charge on any atom is 0.261 e. The molecule has 0 heterocycles. The van der Waals surface area contributed by atoms with Gasteiger partial charge in [0.25, 0.3) is 10.0 Å². The van der Waals surface area contributed by atoms with Gasteiger partial charge in [0.2, 0.25) is 5.91 Å². The highest BCUT2D eigenvalue weighted by molar-refractivity contribution is 7.92. The van der Waals surface area contributed by atoms with E-state index < -0.39 is 15.9 Å². The van der Waals surface area contributed by atoms with Crippen molar-refractivity contribution in [1.29, 1.82) is 0 Å². The summed E-state index contributed by atoms with van der Waals surface area (Å²) in [6.45, 7) is 3.69. The van der Waals surface area contributed by atoms with Crippen LogP contribution in [0.1, 0.15) is 16.7 Å². The van der Waals surface area contributed by atoms with Gasteiger partial charge < -0.3 is 10.1 Å². The monoisotopic (exact) mass is 495 g/mol. The number of hydrogen-bond donors (Lipinski definition) is 3. The molecule has 0 aromatic heterocycles. The molecule has 0 fully saturated rings. The summed E-state index contributed by atoms with van der Waals surface area (Å²) in [6, 6.07) is 18.9. The van der Waals surface area contributed by atoms with Crippen molar-refractivity contribution in [2.24, 2.45) is 0 Å². The van der Waals surface area contributed by atoms with Crippen molar-refractivity contribution >= 4 is 50.7 Å². The molecule has 0 unspecified atom stereocenters. The molecule has 1 amide bonds. The molecule has 3 rings (SSSR count). The topological polar surface area (TPSA) is 96.5 Å². The molecule has 0 aliphatic carbocycles. The minimum absolute atomic E-state index is 0.0913. The maximum absolute atomic E-state index is 12.8. The number of methoxy groups -OCH3 is 1. The van der Waals surface area contributed by atoms with Gasteiger partial charge in [-0.3, -0.25) is 14.8 Å². The number of carbonyl (C=O) groups excluding carboxylic acids is 1. The third-order valence-corrected chi connectivity index (χ3v) is 6.49. The van der Waals surface area contributed by atoms with Crippen LogP contribution in [-0.2, 0) is 14.8 Å². The second-order valence-electron chi connectivity index (χ2n) is 7.45. The quantitative estimate of drug-likeness (QED) is 0.326. The van der Waals surface area contributed by atoms with E-state index in [-0.39, 0.29) is 10.0 Å². The third-order valence-electron chi connectivity index (χ3n) is 4.92. The molecule has 0 atom stereocenters. The highest BCUT2D eigenvalue weighted by Crippen LogP contribution is 2.24.